The summed E-state index contributed by atoms with van der Waals surface area (Å²) in [6, 6.07) is 4.64. The number of hydrogen-bond acceptors (Lipinski definition) is 7. The molecule has 1 aliphatic heterocycles. The lowest BCUT2D eigenvalue weighted by Crippen LogP contribution is -2.35. The molecule has 0 radical (unpaired) electrons. The Balaban J connectivity index is 1.82. The number of piperidine rings is 1. The molecule has 9 nitrogen and oxygen atoms in total. The van der Waals surface area contributed by atoms with Gasteiger partial charge in [-0.1, -0.05) is 0 Å². The Morgan fingerprint density at radius 3 is 2.39 bits per heavy atom. The van der Waals surface area contributed by atoms with E-state index >= 15 is 0 Å². The quantitative estimate of drug-likeness (QED) is 0.442. The van der Waals surface area contributed by atoms with Gasteiger partial charge in [0.2, 0.25) is 5.91 Å². The number of benzene rings is 1. The monoisotopic (exact) mass is 471 g/mol. The molecule has 1 aliphatic rings. The highest BCUT2D eigenvalue weighted by Gasteiger charge is 2.36. The average molecular weight is 471 g/mol. The van der Waals surface area contributed by atoms with Crippen LogP contribution in [0.15, 0.2) is 30.5 Å². The SMILES string of the molecule is COc1ccc(NC(C)=O)cc1NC(=O)COC(=O)C1CCN(/C=C/C(=O)C(F)(F)F)CC1. The van der Waals surface area contributed by atoms with Gasteiger partial charge in [0.25, 0.3) is 11.7 Å². The van der Waals surface area contributed by atoms with Crippen LogP contribution in [-0.4, -0.2) is 61.4 Å². The summed E-state index contributed by atoms with van der Waals surface area (Å²) < 4.78 is 46.9. The van der Waals surface area contributed by atoms with Gasteiger partial charge in [-0.15, -0.1) is 0 Å². The minimum Gasteiger partial charge on any atom is -0.495 e. The fraction of sp³-hybridized carbons (Fsp3) is 0.429. The Morgan fingerprint density at radius 2 is 1.82 bits per heavy atom. The number of nitrogens with one attached hydrogen (secondary N) is 2. The number of likely N-dealkylation sites (tertiary alicyclic amines) is 1. The van der Waals surface area contributed by atoms with E-state index in [0.717, 1.165) is 6.20 Å². The molecule has 1 heterocycles. The molecule has 2 N–H and O–H groups in total. The first-order valence-corrected chi connectivity index (χ1v) is 9.95. The van der Waals surface area contributed by atoms with Crippen molar-refractivity contribution in [1.29, 1.82) is 0 Å². The summed E-state index contributed by atoms with van der Waals surface area (Å²) >= 11 is 0. The third kappa shape index (κ3) is 8.13. The van der Waals surface area contributed by atoms with Gasteiger partial charge >= 0.3 is 12.1 Å². The van der Waals surface area contributed by atoms with Crippen molar-refractivity contribution < 1.29 is 41.8 Å². The highest BCUT2D eigenvalue weighted by Crippen LogP contribution is 2.28. The Hall–Kier alpha value is -3.57. The Morgan fingerprint density at radius 1 is 1.15 bits per heavy atom. The number of ether oxygens (including phenoxy) is 2. The molecule has 0 aliphatic carbocycles. The van der Waals surface area contributed by atoms with E-state index in [9.17, 15) is 32.3 Å². The number of allylic oxidation sites excluding steroid dienone is 1. The van der Waals surface area contributed by atoms with E-state index in [4.69, 9.17) is 9.47 Å². The molecule has 0 atom stereocenters. The summed E-state index contributed by atoms with van der Waals surface area (Å²) in [5.41, 5.74) is 0.714. The molecule has 0 aromatic heterocycles. The molecule has 2 rings (SSSR count). The van der Waals surface area contributed by atoms with Gasteiger partial charge < -0.3 is 25.0 Å². The molecule has 33 heavy (non-hydrogen) atoms. The average Bonchev–Trinajstić information content (AvgIpc) is 2.75. The number of halogens is 3. The fourth-order valence-corrected chi connectivity index (χ4v) is 3.08. The minimum atomic E-state index is -4.92. The van der Waals surface area contributed by atoms with Crippen LogP contribution in [0.2, 0.25) is 0 Å². The molecule has 180 valence electrons. The van der Waals surface area contributed by atoms with Crippen molar-refractivity contribution in [1.82, 2.24) is 4.90 Å². The zero-order chi connectivity index (χ0) is 24.6. The van der Waals surface area contributed by atoms with Gasteiger partial charge in [-0.25, -0.2) is 0 Å². The third-order valence-corrected chi connectivity index (χ3v) is 4.72. The number of methoxy groups -OCH3 is 1. The van der Waals surface area contributed by atoms with Crippen molar-refractivity contribution in [3.05, 3.63) is 30.5 Å². The van der Waals surface area contributed by atoms with Crippen molar-refractivity contribution in [3.8, 4) is 5.75 Å². The van der Waals surface area contributed by atoms with Gasteiger partial charge in [-0.2, -0.15) is 13.2 Å². The zero-order valence-corrected chi connectivity index (χ0v) is 18.0. The zero-order valence-electron chi connectivity index (χ0n) is 18.0. The first-order chi connectivity index (χ1) is 15.5. The molecule has 1 aromatic carbocycles. The van der Waals surface area contributed by atoms with Crippen LogP contribution in [0.1, 0.15) is 19.8 Å². The number of anilines is 2. The van der Waals surface area contributed by atoms with E-state index in [1.807, 2.05) is 0 Å². The number of ketones is 1. The second kappa shape index (κ2) is 11.3. The van der Waals surface area contributed by atoms with Gasteiger partial charge in [0, 0.05) is 38.0 Å². The molecule has 0 spiro atoms. The van der Waals surface area contributed by atoms with Gasteiger partial charge in [0.15, 0.2) is 6.61 Å². The van der Waals surface area contributed by atoms with Crippen LogP contribution in [0.5, 0.6) is 5.75 Å². The lowest BCUT2D eigenvalue weighted by molar-refractivity contribution is -0.165. The lowest BCUT2D eigenvalue weighted by Gasteiger charge is -2.29. The summed E-state index contributed by atoms with van der Waals surface area (Å²) in [6.45, 7) is 1.32. The van der Waals surface area contributed by atoms with Crippen LogP contribution < -0.4 is 15.4 Å². The molecular weight excluding hydrogens is 447 g/mol. The molecule has 1 saturated heterocycles. The smallest absolute Gasteiger partial charge is 0.454 e. The lowest BCUT2D eigenvalue weighted by atomic mass is 9.97. The Bertz CT molecular complexity index is 924. The molecular formula is C21H24F3N3O6. The summed E-state index contributed by atoms with van der Waals surface area (Å²) in [5.74, 6) is -3.63. The normalized spacial score (nSPS) is 14.6. The predicted octanol–water partition coefficient (Wildman–Crippen LogP) is 2.49. The van der Waals surface area contributed by atoms with Crippen molar-refractivity contribution in [2.24, 2.45) is 5.92 Å². The highest BCUT2D eigenvalue weighted by atomic mass is 19.4. The standard InChI is InChI=1S/C21H24F3N3O6/c1-13(28)25-15-3-4-17(32-2)16(11-15)26-19(30)12-33-20(31)14-5-8-27(9-6-14)10-7-18(29)21(22,23)24/h3-4,7,10-11,14H,5-6,8-9,12H2,1-2H3,(H,25,28)(H,26,30)/b10-7+. The maximum absolute atomic E-state index is 12.2. The number of rotatable bonds is 8. The first kappa shape index (κ1) is 25.7. The Labute approximate surface area is 187 Å². The second-order valence-corrected chi connectivity index (χ2v) is 7.24. The summed E-state index contributed by atoms with van der Waals surface area (Å²) in [5, 5.41) is 5.12. The number of carbonyl (C=O) groups is 4. The van der Waals surface area contributed by atoms with Crippen LogP contribution in [0.3, 0.4) is 0 Å². The molecule has 1 fully saturated rings. The molecule has 2 amide bonds. The number of esters is 1. The number of nitrogens with zero attached hydrogens (tertiary/aromatic N) is 1. The number of alkyl halides is 3. The van der Waals surface area contributed by atoms with Gasteiger partial charge in [0.05, 0.1) is 18.7 Å². The number of hydrogen-bond donors (Lipinski definition) is 2. The van der Waals surface area contributed by atoms with Crippen molar-refractivity contribution in [3.63, 3.8) is 0 Å². The topological polar surface area (TPSA) is 114 Å². The minimum absolute atomic E-state index is 0.265. The maximum atomic E-state index is 12.2. The van der Waals surface area contributed by atoms with E-state index in [1.165, 1.54) is 25.0 Å². The summed E-state index contributed by atoms with van der Waals surface area (Å²) in [4.78, 5) is 48.1. The van der Waals surface area contributed by atoms with Crippen LogP contribution >= 0.6 is 0 Å². The number of carbonyl (C=O) groups excluding carboxylic acids is 4. The highest BCUT2D eigenvalue weighted by molar-refractivity contribution is 5.96. The van der Waals surface area contributed by atoms with E-state index in [0.29, 0.717) is 30.4 Å². The van der Waals surface area contributed by atoms with E-state index in [2.05, 4.69) is 10.6 Å². The van der Waals surface area contributed by atoms with Crippen molar-refractivity contribution in [2.45, 2.75) is 25.9 Å². The van der Waals surface area contributed by atoms with E-state index in [-0.39, 0.29) is 24.7 Å². The van der Waals surface area contributed by atoms with Crippen molar-refractivity contribution in [2.75, 3.05) is 37.4 Å². The van der Waals surface area contributed by atoms with Crippen LogP contribution in [0, 0.1) is 5.92 Å². The van der Waals surface area contributed by atoms with E-state index in [1.54, 1.807) is 12.1 Å². The van der Waals surface area contributed by atoms with Crippen LogP contribution in [0.25, 0.3) is 0 Å². The first-order valence-electron chi connectivity index (χ1n) is 9.95. The van der Waals surface area contributed by atoms with Crippen molar-refractivity contribution >= 4 is 34.9 Å². The maximum Gasteiger partial charge on any atom is 0.454 e. The largest absolute Gasteiger partial charge is 0.495 e. The molecule has 1 aromatic rings. The van der Waals surface area contributed by atoms with Gasteiger partial charge in [0.1, 0.15) is 5.75 Å². The molecule has 0 bridgehead atoms. The summed E-state index contributed by atoms with van der Waals surface area (Å²) in [6.07, 6.45) is -2.80. The molecule has 0 saturated carbocycles. The molecule has 12 heteroatoms. The van der Waals surface area contributed by atoms with Gasteiger partial charge in [-0.3, -0.25) is 19.2 Å². The third-order valence-electron chi connectivity index (χ3n) is 4.72. The van der Waals surface area contributed by atoms with E-state index < -0.39 is 36.4 Å². The Kier molecular flexibility index (Phi) is 8.83. The second-order valence-electron chi connectivity index (χ2n) is 7.24. The van der Waals surface area contributed by atoms with Crippen LogP contribution in [-0.2, 0) is 23.9 Å². The molecule has 0 unspecified atom stereocenters. The van der Waals surface area contributed by atoms with Crippen LogP contribution in [0.4, 0.5) is 24.5 Å². The predicted molar refractivity (Wildman–Crippen MR) is 111 cm³/mol. The summed E-state index contributed by atoms with van der Waals surface area (Å²) in [7, 11) is 1.41. The fourth-order valence-electron chi connectivity index (χ4n) is 3.08. The number of amides is 2. The van der Waals surface area contributed by atoms with Gasteiger partial charge in [-0.05, 0) is 31.0 Å².